The van der Waals surface area contributed by atoms with E-state index in [1.165, 1.54) is 28.7 Å². The highest BCUT2D eigenvalue weighted by Gasteiger charge is 2.37. The number of sulfone groups is 1. The molecule has 8 nitrogen and oxygen atoms in total. The molecule has 2 aromatic heterocycles. The van der Waals surface area contributed by atoms with Crippen molar-refractivity contribution in [3.8, 4) is 29.3 Å². The molecule has 1 aliphatic heterocycles. The molecule has 0 fully saturated rings. The Morgan fingerprint density at radius 2 is 1.52 bits per heavy atom. The number of pyridine rings is 1. The van der Waals surface area contributed by atoms with Gasteiger partial charge in [-0.3, -0.25) is 9.20 Å². The molecule has 9 heteroatoms. The summed E-state index contributed by atoms with van der Waals surface area (Å²) in [5.41, 5.74) is 1.69. The zero-order valence-electron chi connectivity index (χ0n) is 20.2. The summed E-state index contributed by atoms with van der Waals surface area (Å²) in [6.07, 6.45) is 0. The molecule has 0 atom stereocenters. The maximum absolute atomic E-state index is 14.2. The van der Waals surface area contributed by atoms with Crippen LogP contribution in [0.25, 0.3) is 60.1 Å². The Bertz CT molecular complexity index is 2660. The minimum atomic E-state index is -4.25. The zero-order chi connectivity index (χ0) is 27.5. The van der Waals surface area contributed by atoms with E-state index in [1.54, 1.807) is 6.07 Å². The first-order valence-electron chi connectivity index (χ1n) is 12.1. The first kappa shape index (κ1) is 22.2. The number of nitrogens with zero attached hydrogens (tertiary/aromatic N) is 5. The van der Waals surface area contributed by atoms with E-state index in [9.17, 15) is 29.0 Å². The van der Waals surface area contributed by atoms with Gasteiger partial charge in [0.2, 0.25) is 9.84 Å². The van der Waals surface area contributed by atoms with Crippen molar-refractivity contribution in [3.63, 3.8) is 0 Å². The molecule has 0 saturated carbocycles. The third-order valence-corrected chi connectivity index (χ3v) is 9.64. The maximum Gasteiger partial charge on any atom is 0.264 e. The number of nitriles is 3. The van der Waals surface area contributed by atoms with E-state index in [0.29, 0.717) is 21.8 Å². The van der Waals surface area contributed by atoms with Gasteiger partial charge in [-0.15, -0.1) is 0 Å². The van der Waals surface area contributed by atoms with Crippen molar-refractivity contribution < 1.29 is 8.42 Å². The summed E-state index contributed by atoms with van der Waals surface area (Å²) in [6.45, 7) is 0. The molecule has 0 N–H and O–H groups in total. The van der Waals surface area contributed by atoms with Crippen LogP contribution >= 0.6 is 0 Å². The minimum absolute atomic E-state index is 0.102. The number of aromatic nitrogens is 2. The second kappa shape index (κ2) is 7.18. The average Bonchev–Trinajstić information content (AvgIpc) is 2.97. The summed E-state index contributed by atoms with van der Waals surface area (Å²) in [6, 6.07) is 24.5. The van der Waals surface area contributed by atoms with Crippen LogP contribution in [0.15, 0.2) is 81.3 Å². The standard InChI is InChI=1S/C31H11N5O3S/c32-12-15-7-8-24-19(9-15)25-17(13-33)10-20-27-21(11-18(14-34)29(28(25)27)40(24,38)39)31(37)36-23-6-2-4-16-3-1-5-22(26(16)23)35-30(20)36/h1-11H. The third kappa shape index (κ3) is 2.44. The molecule has 8 rings (SSSR count). The van der Waals surface area contributed by atoms with Crippen molar-refractivity contribution in [3.05, 3.63) is 93.8 Å². The summed E-state index contributed by atoms with van der Waals surface area (Å²) in [5.74, 6) is 0. The van der Waals surface area contributed by atoms with Gasteiger partial charge in [0.15, 0.2) is 0 Å². The monoisotopic (exact) mass is 533 g/mol. The average molecular weight is 534 g/mol. The van der Waals surface area contributed by atoms with Crippen LogP contribution in [0, 0.1) is 34.0 Å². The highest BCUT2D eigenvalue weighted by atomic mass is 32.2. The molecule has 40 heavy (non-hydrogen) atoms. The predicted octanol–water partition coefficient (Wildman–Crippen LogP) is 5.17. The number of rotatable bonds is 0. The molecule has 3 heterocycles. The number of hydrogen-bond donors (Lipinski definition) is 0. The van der Waals surface area contributed by atoms with Crippen molar-refractivity contribution in [1.82, 2.24) is 9.38 Å². The number of fused-ring (bicyclic) bond motifs is 5. The molecular weight excluding hydrogens is 522 g/mol. The molecule has 5 aromatic carbocycles. The Morgan fingerprint density at radius 1 is 0.775 bits per heavy atom. The Balaban J connectivity index is 1.76. The van der Waals surface area contributed by atoms with E-state index >= 15 is 0 Å². The molecule has 0 spiro atoms. The number of hydrogen-bond acceptors (Lipinski definition) is 7. The Labute approximate surface area is 225 Å². The van der Waals surface area contributed by atoms with Crippen LogP contribution in [0.5, 0.6) is 0 Å². The van der Waals surface area contributed by atoms with Crippen LogP contribution in [0.3, 0.4) is 0 Å². The Morgan fingerprint density at radius 3 is 2.27 bits per heavy atom. The maximum atomic E-state index is 14.2. The van der Waals surface area contributed by atoms with Gasteiger partial charge in [0.25, 0.3) is 5.56 Å². The SMILES string of the molecule is N#Cc1ccc2c(c1)-c1c(C#N)cc3c4c1c(c(C#N)cc4c(=O)n1c4cccc5cccc(nc31)c54)S2(=O)=O. The van der Waals surface area contributed by atoms with E-state index in [1.807, 2.05) is 48.5 Å². The van der Waals surface area contributed by atoms with Gasteiger partial charge in [0, 0.05) is 32.7 Å². The van der Waals surface area contributed by atoms with Crippen LogP contribution in [0.2, 0.25) is 0 Å². The predicted molar refractivity (Wildman–Crippen MR) is 148 cm³/mol. The molecule has 0 bridgehead atoms. The van der Waals surface area contributed by atoms with E-state index in [0.717, 1.165) is 10.8 Å². The lowest BCUT2D eigenvalue weighted by Gasteiger charge is -2.25. The smallest absolute Gasteiger partial charge is 0.264 e. The quantitative estimate of drug-likeness (QED) is 0.193. The summed E-state index contributed by atoms with van der Waals surface area (Å²) in [7, 11) is -4.25. The van der Waals surface area contributed by atoms with Crippen LogP contribution in [0.4, 0.5) is 0 Å². The molecule has 0 aliphatic carbocycles. The van der Waals surface area contributed by atoms with Gasteiger partial charge < -0.3 is 0 Å². The van der Waals surface area contributed by atoms with E-state index < -0.39 is 15.4 Å². The van der Waals surface area contributed by atoms with Crippen molar-refractivity contribution in [2.45, 2.75) is 9.79 Å². The van der Waals surface area contributed by atoms with Crippen molar-refractivity contribution >= 4 is 58.8 Å². The van der Waals surface area contributed by atoms with Gasteiger partial charge in [0.1, 0.15) is 11.7 Å². The summed E-state index contributed by atoms with van der Waals surface area (Å²) in [4.78, 5) is 18.7. The molecule has 0 amide bonds. The first-order valence-corrected chi connectivity index (χ1v) is 13.6. The van der Waals surface area contributed by atoms with Gasteiger partial charge in [-0.25, -0.2) is 13.4 Å². The van der Waals surface area contributed by atoms with Gasteiger partial charge in [-0.2, -0.15) is 15.8 Å². The fourth-order valence-electron chi connectivity index (χ4n) is 6.19. The number of benzene rings is 5. The fourth-order valence-corrected chi connectivity index (χ4v) is 7.97. The van der Waals surface area contributed by atoms with Crippen LogP contribution in [-0.4, -0.2) is 17.8 Å². The third-order valence-electron chi connectivity index (χ3n) is 7.75. The van der Waals surface area contributed by atoms with Crippen LogP contribution < -0.4 is 5.56 Å². The molecule has 7 aromatic rings. The second-order valence-corrected chi connectivity index (χ2v) is 11.5. The largest absolute Gasteiger partial charge is 0.268 e. The summed E-state index contributed by atoms with van der Waals surface area (Å²) < 4.78 is 29.5. The summed E-state index contributed by atoms with van der Waals surface area (Å²) in [5, 5.41) is 32.7. The Hall–Kier alpha value is -5.82. The van der Waals surface area contributed by atoms with Gasteiger partial charge >= 0.3 is 0 Å². The molecular formula is C31H11N5O3S. The molecule has 184 valence electrons. The normalized spacial score (nSPS) is 13.4. The van der Waals surface area contributed by atoms with Gasteiger partial charge in [-0.1, -0.05) is 24.3 Å². The highest BCUT2D eigenvalue weighted by Crippen LogP contribution is 2.50. The van der Waals surface area contributed by atoms with Gasteiger partial charge in [0.05, 0.1) is 55.0 Å². The van der Waals surface area contributed by atoms with E-state index in [2.05, 4.69) is 6.07 Å². The van der Waals surface area contributed by atoms with Crippen molar-refractivity contribution in [1.29, 1.82) is 15.8 Å². The van der Waals surface area contributed by atoms with E-state index in [4.69, 9.17) is 4.98 Å². The lowest BCUT2D eigenvalue weighted by molar-refractivity contribution is 0.596. The minimum Gasteiger partial charge on any atom is -0.268 e. The lowest BCUT2D eigenvalue weighted by atomic mass is 9.88. The fraction of sp³-hybridized carbons (Fsp3) is 0. The molecule has 0 saturated heterocycles. The summed E-state index contributed by atoms with van der Waals surface area (Å²) >= 11 is 0. The lowest BCUT2D eigenvalue weighted by Crippen LogP contribution is -2.19. The van der Waals surface area contributed by atoms with Gasteiger partial charge in [-0.05, 0) is 47.9 Å². The highest BCUT2D eigenvalue weighted by molar-refractivity contribution is 7.92. The molecule has 0 unspecified atom stereocenters. The second-order valence-electron chi connectivity index (χ2n) is 9.68. The zero-order valence-corrected chi connectivity index (χ0v) is 21.0. The van der Waals surface area contributed by atoms with Crippen molar-refractivity contribution in [2.75, 3.05) is 0 Å². The molecule has 0 radical (unpaired) electrons. The molecule has 1 aliphatic rings. The van der Waals surface area contributed by atoms with E-state index in [-0.39, 0.29) is 54.0 Å². The topological polar surface area (TPSA) is 140 Å². The van der Waals surface area contributed by atoms with Crippen LogP contribution in [0.1, 0.15) is 16.7 Å². The first-order chi connectivity index (χ1) is 19.4. The van der Waals surface area contributed by atoms with Crippen molar-refractivity contribution in [2.24, 2.45) is 0 Å². The Kier molecular flexibility index (Phi) is 3.98. The van der Waals surface area contributed by atoms with Crippen LogP contribution in [-0.2, 0) is 9.84 Å².